The Bertz CT molecular complexity index is 736. The summed E-state index contributed by atoms with van der Waals surface area (Å²) in [7, 11) is -0.437. The Balaban J connectivity index is 1.82. The molecule has 3 rings (SSSR count). The lowest BCUT2D eigenvalue weighted by atomic mass is 10.1. The highest BCUT2D eigenvalue weighted by molar-refractivity contribution is 7.89. The number of fused-ring (bicyclic) bond motifs is 1. The van der Waals surface area contributed by atoms with Crippen LogP contribution in [-0.4, -0.2) is 82.0 Å². The minimum Gasteiger partial charge on any atom is -0.497 e. The fraction of sp³-hybridized carbons (Fsp3) is 0.588. The molecule has 0 unspecified atom stereocenters. The second-order valence-corrected chi connectivity index (χ2v) is 8.46. The predicted molar refractivity (Wildman–Crippen MR) is 94.3 cm³/mol. The minimum atomic E-state index is -3.48. The van der Waals surface area contributed by atoms with Gasteiger partial charge in [0.2, 0.25) is 15.9 Å². The lowest BCUT2D eigenvalue weighted by Gasteiger charge is -2.28. The van der Waals surface area contributed by atoms with E-state index in [1.54, 1.807) is 24.1 Å². The maximum absolute atomic E-state index is 12.8. The van der Waals surface area contributed by atoms with Crippen LogP contribution < -0.4 is 4.74 Å². The third kappa shape index (κ3) is 4.01. The number of methoxy groups -OCH3 is 2. The number of carbonyl (C=O) groups excluding carboxylic acids is 1. The van der Waals surface area contributed by atoms with E-state index < -0.39 is 16.1 Å². The first-order valence-electron chi connectivity index (χ1n) is 8.45. The summed E-state index contributed by atoms with van der Waals surface area (Å²) in [5.41, 5.74) is 0.858. The molecule has 0 saturated carbocycles. The Hall–Kier alpha value is -1.68. The van der Waals surface area contributed by atoms with Crippen LogP contribution in [-0.2, 0) is 30.8 Å². The van der Waals surface area contributed by atoms with Crippen molar-refractivity contribution in [3.05, 3.63) is 29.8 Å². The molecule has 2 heterocycles. The van der Waals surface area contributed by atoms with Crippen molar-refractivity contribution in [2.45, 2.75) is 18.7 Å². The van der Waals surface area contributed by atoms with Gasteiger partial charge in [-0.3, -0.25) is 4.79 Å². The van der Waals surface area contributed by atoms with Crippen molar-refractivity contribution in [2.24, 2.45) is 0 Å². The van der Waals surface area contributed by atoms with Crippen molar-refractivity contribution >= 4 is 15.9 Å². The number of amides is 1. The molecule has 1 aromatic rings. The van der Waals surface area contributed by atoms with E-state index >= 15 is 0 Å². The van der Waals surface area contributed by atoms with Crippen LogP contribution in [0.5, 0.6) is 5.75 Å². The Morgan fingerprint density at radius 2 is 1.96 bits per heavy atom. The highest BCUT2D eigenvalue weighted by Crippen LogP contribution is 2.27. The number of carbonyl (C=O) groups is 1. The van der Waals surface area contributed by atoms with Gasteiger partial charge in [-0.25, -0.2) is 8.42 Å². The molecule has 8 nitrogen and oxygen atoms in total. The molecular weight excluding hydrogens is 360 g/mol. The van der Waals surface area contributed by atoms with Crippen LogP contribution in [0.25, 0.3) is 0 Å². The third-order valence-electron chi connectivity index (χ3n) is 4.76. The van der Waals surface area contributed by atoms with Gasteiger partial charge in [0.25, 0.3) is 0 Å². The highest BCUT2D eigenvalue weighted by atomic mass is 32.2. The van der Waals surface area contributed by atoms with Crippen LogP contribution in [0.3, 0.4) is 0 Å². The van der Waals surface area contributed by atoms with Gasteiger partial charge in [-0.15, -0.1) is 0 Å². The van der Waals surface area contributed by atoms with Crippen LogP contribution in [0.2, 0.25) is 0 Å². The first-order chi connectivity index (χ1) is 12.4. The average molecular weight is 384 g/mol. The Morgan fingerprint density at radius 3 is 2.62 bits per heavy atom. The molecular formula is C17H24N2O6S. The van der Waals surface area contributed by atoms with Gasteiger partial charge >= 0.3 is 0 Å². The van der Waals surface area contributed by atoms with Crippen molar-refractivity contribution in [1.82, 2.24) is 9.21 Å². The summed E-state index contributed by atoms with van der Waals surface area (Å²) in [5, 5.41) is 0. The van der Waals surface area contributed by atoms with Gasteiger partial charge in [0.05, 0.1) is 31.6 Å². The van der Waals surface area contributed by atoms with Gasteiger partial charge in [0, 0.05) is 26.7 Å². The van der Waals surface area contributed by atoms with Crippen molar-refractivity contribution in [3.63, 3.8) is 0 Å². The molecule has 0 bridgehead atoms. The number of nitrogens with zero attached hydrogens (tertiary/aromatic N) is 2. The molecule has 2 saturated heterocycles. The summed E-state index contributed by atoms with van der Waals surface area (Å²) in [4.78, 5) is 13.7. The Labute approximate surface area is 153 Å². The fourth-order valence-electron chi connectivity index (χ4n) is 3.37. The highest BCUT2D eigenvalue weighted by Gasteiger charge is 2.45. The van der Waals surface area contributed by atoms with Crippen molar-refractivity contribution < 1.29 is 27.4 Å². The molecule has 0 aliphatic carbocycles. The molecule has 0 aromatic heterocycles. The zero-order valence-electron chi connectivity index (χ0n) is 15.0. The number of sulfonamides is 1. The molecule has 1 amide bonds. The van der Waals surface area contributed by atoms with Crippen LogP contribution in [0.15, 0.2) is 24.3 Å². The lowest BCUT2D eigenvalue weighted by Crippen LogP contribution is -2.45. The van der Waals surface area contributed by atoms with E-state index in [1.807, 2.05) is 12.1 Å². The van der Waals surface area contributed by atoms with E-state index in [2.05, 4.69) is 0 Å². The average Bonchev–Trinajstić information content (AvgIpc) is 2.99. The van der Waals surface area contributed by atoms with E-state index in [-0.39, 0.29) is 37.5 Å². The van der Waals surface area contributed by atoms with E-state index in [0.717, 1.165) is 5.56 Å². The standard InChI is InChI=1S/C17H24N2O6S/c1-23-12-17(20)18-10-15-16(11-18)25-7-8-26(21,22)19(15)9-13-3-5-14(24-2)6-4-13/h3-6,15-16H,7-12H2,1-2H3/t15-,16+/m1/s1. The second-order valence-electron chi connectivity index (χ2n) is 6.42. The van der Waals surface area contributed by atoms with Crippen molar-refractivity contribution in [3.8, 4) is 5.75 Å². The Morgan fingerprint density at radius 1 is 1.23 bits per heavy atom. The zero-order chi connectivity index (χ0) is 18.7. The largest absolute Gasteiger partial charge is 0.497 e. The molecule has 9 heteroatoms. The molecule has 0 N–H and O–H groups in total. The van der Waals surface area contributed by atoms with E-state index in [0.29, 0.717) is 18.8 Å². The van der Waals surface area contributed by atoms with Crippen LogP contribution in [0.1, 0.15) is 5.56 Å². The molecule has 1 aromatic carbocycles. The fourth-order valence-corrected chi connectivity index (χ4v) is 4.87. The molecule has 0 spiro atoms. The number of rotatable bonds is 5. The summed E-state index contributed by atoms with van der Waals surface area (Å²) >= 11 is 0. The molecule has 2 aliphatic rings. The summed E-state index contributed by atoms with van der Waals surface area (Å²) in [6, 6.07) is 6.90. The third-order valence-corrected chi connectivity index (χ3v) is 6.55. The molecule has 2 atom stereocenters. The van der Waals surface area contributed by atoms with Crippen LogP contribution in [0.4, 0.5) is 0 Å². The first kappa shape index (κ1) is 19.1. The van der Waals surface area contributed by atoms with Gasteiger partial charge in [-0.2, -0.15) is 4.31 Å². The Kier molecular flexibility index (Phi) is 5.81. The zero-order valence-corrected chi connectivity index (χ0v) is 15.8. The van der Waals surface area contributed by atoms with Gasteiger partial charge in [0.1, 0.15) is 12.4 Å². The van der Waals surface area contributed by atoms with Crippen molar-refractivity contribution in [1.29, 1.82) is 0 Å². The maximum atomic E-state index is 12.8. The van der Waals surface area contributed by atoms with Gasteiger partial charge < -0.3 is 19.1 Å². The van der Waals surface area contributed by atoms with Crippen LogP contribution >= 0.6 is 0 Å². The summed E-state index contributed by atoms with van der Waals surface area (Å²) in [5.74, 6) is 0.499. The number of hydrogen-bond acceptors (Lipinski definition) is 6. The first-order valence-corrected chi connectivity index (χ1v) is 10.1. The predicted octanol–water partition coefficient (Wildman–Crippen LogP) is 0.0830. The van der Waals surface area contributed by atoms with E-state index in [4.69, 9.17) is 14.2 Å². The van der Waals surface area contributed by atoms with Gasteiger partial charge in [-0.1, -0.05) is 12.1 Å². The SMILES string of the molecule is COCC(=O)N1C[C@@H]2OCCS(=O)(=O)N(Cc3ccc(OC)cc3)[C@@H]2C1. The molecule has 2 aliphatic heterocycles. The van der Waals surface area contributed by atoms with Gasteiger partial charge in [0.15, 0.2) is 0 Å². The molecule has 0 radical (unpaired) electrons. The lowest BCUT2D eigenvalue weighted by molar-refractivity contribution is -0.134. The minimum absolute atomic E-state index is 0.0231. The van der Waals surface area contributed by atoms with E-state index in [1.165, 1.54) is 11.4 Å². The smallest absolute Gasteiger partial charge is 0.248 e. The number of benzene rings is 1. The normalized spacial score (nSPS) is 25.5. The maximum Gasteiger partial charge on any atom is 0.248 e. The summed E-state index contributed by atoms with van der Waals surface area (Å²) in [6.45, 7) is 1.03. The summed E-state index contributed by atoms with van der Waals surface area (Å²) in [6.07, 6.45) is -0.327. The van der Waals surface area contributed by atoms with E-state index in [9.17, 15) is 13.2 Å². The number of likely N-dealkylation sites (tertiary alicyclic amines) is 1. The van der Waals surface area contributed by atoms with Crippen LogP contribution in [0, 0.1) is 0 Å². The van der Waals surface area contributed by atoms with Crippen molar-refractivity contribution in [2.75, 3.05) is 46.3 Å². The topological polar surface area (TPSA) is 85.4 Å². The molecule has 144 valence electrons. The molecule has 26 heavy (non-hydrogen) atoms. The summed E-state index contributed by atoms with van der Waals surface area (Å²) < 4.78 is 42.8. The number of ether oxygens (including phenoxy) is 3. The number of hydrogen-bond donors (Lipinski definition) is 0. The monoisotopic (exact) mass is 384 g/mol. The quantitative estimate of drug-likeness (QED) is 0.715. The second kappa shape index (κ2) is 7.91. The molecule has 2 fully saturated rings. The van der Waals surface area contributed by atoms with Gasteiger partial charge in [-0.05, 0) is 17.7 Å².